The molecular weight excluding hydrogens is 351 g/mol. The third kappa shape index (κ3) is 3.52. The van der Waals surface area contributed by atoms with Crippen molar-refractivity contribution in [3.8, 4) is 11.4 Å². The van der Waals surface area contributed by atoms with E-state index in [2.05, 4.69) is 15.3 Å². The number of nitrogens with one attached hydrogen (secondary N) is 1. The van der Waals surface area contributed by atoms with Crippen LogP contribution >= 0.6 is 35.4 Å². The van der Waals surface area contributed by atoms with Crippen LogP contribution in [-0.4, -0.2) is 21.1 Å². The Labute approximate surface area is 148 Å². The average Bonchev–Trinajstić information content (AvgIpc) is 2.88. The van der Waals surface area contributed by atoms with E-state index >= 15 is 0 Å². The van der Waals surface area contributed by atoms with Gasteiger partial charge < -0.3 is 0 Å². The first-order valence-electron chi connectivity index (χ1n) is 6.78. The summed E-state index contributed by atoms with van der Waals surface area (Å²) >= 11 is 17.3. The van der Waals surface area contributed by atoms with Crippen LogP contribution in [0.15, 0.2) is 47.6 Å². The molecular formula is C16H12Cl2N4S. The lowest BCUT2D eigenvalue weighted by molar-refractivity contribution is 0.871. The maximum absolute atomic E-state index is 6.15. The fourth-order valence-corrected chi connectivity index (χ4v) is 2.65. The smallest absolute Gasteiger partial charge is 0.216 e. The Morgan fingerprint density at radius 1 is 1.17 bits per heavy atom. The number of aromatic amines is 1. The lowest BCUT2D eigenvalue weighted by atomic mass is 10.1. The standard InChI is InChI=1S/C16H12Cl2N4S/c1-10-2-4-11(5-3-10)15-20-21-16(23)22(15)19-9-12-6-7-13(17)8-14(12)18/h2-9H,1H3,(H,21,23)/b19-9-. The van der Waals surface area contributed by atoms with Crippen LogP contribution in [-0.2, 0) is 0 Å². The topological polar surface area (TPSA) is 46.0 Å². The molecule has 1 N–H and O–H groups in total. The first-order chi connectivity index (χ1) is 11.0. The molecule has 23 heavy (non-hydrogen) atoms. The van der Waals surface area contributed by atoms with Crippen LogP contribution in [0.2, 0.25) is 10.0 Å². The molecule has 0 fully saturated rings. The van der Waals surface area contributed by atoms with Crippen molar-refractivity contribution >= 4 is 41.6 Å². The summed E-state index contributed by atoms with van der Waals surface area (Å²) in [4.78, 5) is 0. The summed E-state index contributed by atoms with van der Waals surface area (Å²) in [6.45, 7) is 2.03. The summed E-state index contributed by atoms with van der Waals surface area (Å²) in [6, 6.07) is 13.2. The molecule has 2 aromatic carbocycles. The number of halogens is 2. The van der Waals surface area contributed by atoms with Crippen molar-refractivity contribution in [2.24, 2.45) is 5.10 Å². The highest BCUT2D eigenvalue weighted by molar-refractivity contribution is 7.71. The molecule has 3 rings (SSSR count). The Bertz CT molecular complexity index is 926. The second-order valence-corrected chi connectivity index (χ2v) is 6.17. The third-order valence-electron chi connectivity index (χ3n) is 3.23. The molecule has 0 amide bonds. The molecule has 0 atom stereocenters. The largest absolute Gasteiger partial charge is 0.250 e. The number of aromatic nitrogens is 3. The van der Waals surface area contributed by atoms with Crippen molar-refractivity contribution in [1.29, 1.82) is 0 Å². The molecule has 4 nitrogen and oxygen atoms in total. The molecule has 1 heterocycles. The highest BCUT2D eigenvalue weighted by Gasteiger charge is 2.08. The Kier molecular flexibility index (Phi) is 4.61. The van der Waals surface area contributed by atoms with Crippen LogP contribution in [0.1, 0.15) is 11.1 Å². The molecule has 0 aliphatic carbocycles. The number of rotatable bonds is 3. The van der Waals surface area contributed by atoms with Gasteiger partial charge in [-0.2, -0.15) is 14.9 Å². The van der Waals surface area contributed by atoms with E-state index in [-0.39, 0.29) is 0 Å². The van der Waals surface area contributed by atoms with E-state index in [1.165, 1.54) is 5.56 Å². The van der Waals surface area contributed by atoms with E-state index in [1.807, 2.05) is 31.2 Å². The van der Waals surface area contributed by atoms with Crippen molar-refractivity contribution in [3.05, 3.63) is 68.4 Å². The molecule has 116 valence electrons. The van der Waals surface area contributed by atoms with Crippen LogP contribution in [0.25, 0.3) is 11.4 Å². The zero-order valence-corrected chi connectivity index (χ0v) is 14.5. The van der Waals surface area contributed by atoms with Crippen LogP contribution in [0, 0.1) is 11.7 Å². The van der Waals surface area contributed by atoms with Crippen molar-refractivity contribution in [3.63, 3.8) is 0 Å². The van der Waals surface area contributed by atoms with E-state index < -0.39 is 0 Å². The fraction of sp³-hybridized carbons (Fsp3) is 0.0625. The fourth-order valence-electron chi connectivity index (χ4n) is 2.01. The van der Waals surface area contributed by atoms with Gasteiger partial charge in [-0.05, 0) is 31.3 Å². The minimum atomic E-state index is 0.405. The first-order valence-corrected chi connectivity index (χ1v) is 7.95. The summed E-state index contributed by atoms with van der Waals surface area (Å²) in [5.41, 5.74) is 2.84. The Morgan fingerprint density at radius 2 is 1.91 bits per heavy atom. The number of hydrogen-bond acceptors (Lipinski definition) is 3. The minimum absolute atomic E-state index is 0.405. The SMILES string of the molecule is Cc1ccc(-c2n[nH]c(=S)n2/N=C\c2ccc(Cl)cc2Cl)cc1. The van der Waals surface area contributed by atoms with Gasteiger partial charge in [-0.25, -0.2) is 5.10 Å². The summed E-state index contributed by atoms with van der Waals surface area (Å²) < 4.78 is 1.96. The highest BCUT2D eigenvalue weighted by Crippen LogP contribution is 2.21. The average molecular weight is 363 g/mol. The third-order valence-corrected chi connectivity index (χ3v) is 4.06. The minimum Gasteiger partial charge on any atom is -0.250 e. The molecule has 0 spiro atoms. The highest BCUT2D eigenvalue weighted by atomic mass is 35.5. The molecule has 3 aromatic rings. The van der Waals surface area contributed by atoms with Crippen LogP contribution in [0.3, 0.4) is 0 Å². The van der Waals surface area contributed by atoms with Crippen molar-refractivity contribution in [1.82, 2.24) is 14.9 Å². The second kappa shape index (κ2) is 6.66. The number of benzene rings is 2. The molecule has 0 unspecified atom stereocenters. The Balaban J connectivity index is 2.00. The van der Waals surface area contributed by atoms with Crippen molar-refractivity contribution in [2.45, 2.75) is 6.92 Å². The number of H-pyrrole nitrogens is 1. The molecule has 1 aromatic heterocycles. The van der Waals surface area contributed by atoms with Crippen LogP contribution < -0.4 is 0 Å². The molecule has 0 aliphatic rings. The summed E-state index contributed by atoms with van der Waals surface area (Å²) in [7, 11) is 0. The van der Waals surface area contributed by atoms with Gasteiger partial charge >= 0.3 is 0 Å². The molecule has 0 saturated heterocycles. The van der Waals surface area contributed by atoms with Gasteiger partial charge in [-0.15, -0.1) is 0 Å². The normalized spacial score (nSPS) is 11.3. The summed E-state index contributed by atoms with van der Waals surface area (Å²) in [5, 5.41) is 12.5. The lowest BCUT2D eigenvalue weighted by Crippen LogP contribution is -1.95. The summed E-state index contributed by atoms with van der Waals surface area (Å²) in [5.74, 6) is 0.635. The van der Waals surface area contributed by atoms with Gasteiger partial charge in [0, 0.05) is 16.1 Å². The molecule has 7 heteroatoms. The predicted octanol–water partition coefficient (Wildman–Crippen LogP) is 5.11. The second-order valence-electron chi connectivity index (χ2n) is 4.94. The van der Waals surface area contributed by atoms with Crippen molar-refractivity contribution < 1.29 is 0 Å². The van der Waals surface area contributed by atoms with E-state index in [0.29, 0.717) is 20.6 Å². The predicted molar refractivity (Wildman–Crippen MR) is 97.0 cm³/mol. The zero-order chi connectivity index (χ0) is 16.4. The van der Waals surface area contributed by atoms with Gasteiger partial charge in [0.05, 0.1) is 11.2 Å². The first kappa shape index (κ1) is 15.9. The lowest BCUT2D eigenvalue weighted by Gasteiger charge is -2.02. The number of aryl methyl sites for hydroxylation is 1. The molecule has 0 saturated carbocycles. The van der Waals surface area contributed by atoms with Crippen LogP contribution in [0.5, 0.6) is 0 Å². The van der Waals surface area contributed by atoms with Gasteiger partial charge in [-0.1, -0.05) is 59.1 Å². The van der Waals surface area contributed by atoms with Gasteiger partial charge in [-0.3, -0.25) is 0 Å². The molecule has 0 bridgehead atoms. The monoisotopic (exact) mass is 362 g/mol. The Hall–Kier alpha value is -1.95. The van der Waals surface area contributed by atoms with E-state index in [4.69, 9.17) is 35.4 Å². The van der Waals surface area contributed by atoms with Crippen molar-refractivity contribution in [2.75, 3.05) is 0 Å². The van der Waals surface area contributed by atoms with Gasteiger partial charge in [0.25, 0.3) is 0 Å². The van der Waals surface area contributed by atoms with Crippen LogP contribution in [0.4, 0.5) is 0 Å². The van der Waals surface area contributed by atoms with Gasteiger partial charge in [0.15, 0.2) is 5.82 Å². The zero-order valence-electron chi connectivity index (χ0n) is 12.1. The number of nitrogens with zero attached hydrogens (tertiary/aromatic N) is 3. The van der Waals surface area contributed by atoms with E-state index in [0.717, 1.165) is 11.1 Å². The quantitative estimate of drug-likeness (QED) is 0.520. The summed E-state index contributed by atoms with van der Waals surface area (Å²) in [6.07, 6.45) is 1.63. The van der Waals surface area contributed by atoms with E-state index in [9.17, 15) is 0 Å². The molecule has 0 aliphatic heterocycles. The van der Waals surface area contributed by atoms with Gasteiger partial charge in [0.2, 0.25) is 4.77 Å². The maximum atomic E-state index is 6.15. The Morgan fingerprint density at radius 3 is 2.61 bits per heavy atom. The number of hydrogen-bond donors (Lipinski definition) is 1. The maximum Gasteiger partial charge on any atom is 0.216 e. The van der Waals surface area contributed by atoms with E-state index in [1.54, 1.807) is 29.1 Å². The van der Waals surface area contributed by atoms with Gasteiger partial charge in [0.1, 0.15) is 0 Å². The molecule has 0 radical (unpaired) electrons.